The number of imidazole rings is 1. The van der Waals surface area contributed by atoms with Crippen LogP contribution in [0.15, 0.2) is 36.8 Å². The molecule has 0 bridgehead atoms. The summed E-state index contributed by atoms with van der Waals surface area (Å²) in [4.78, 5) is 19.1. The lowest BCUT2D eigenvalue weighted by molar-refractivity contribution is -0.114. The summed E-state index contributed by atoms with van der Waals surface area (Å²) < 4.78 is 15.6. The lowest BCUT2D eigenvalue weighted by atomic mass is 10.1. The Bertz CT molecular complexity index is 842. The van der Waals surface area contributed by atoms with Gasteiger partial charge >= 0.3 is 0 Å². The highest BCUT2D eigenvalue weighted by Crippen LogP contribution is 2.24. The molecule has 1 amide bonds. The number of halogens is 1. The second-order valence-corrected chi connectivity index (χ2v) is 4.58. The van der Waals surface area contributed by atoms with Crippen molar-refractivity contribution < 1.29 is 9.18 Å². The topological polar surface area (TPSA) is 85.3 Å². The van der Waals surface area contributed by atoms with Gasteiger partial charge in [-0.15, -0.1) is 0 Å². The van der Waals surface area contributed by atoms with Crippen molar-refractivity contribution in [3.8, 4) is 11.1 Å². The van der Waals surface area contributed by atoms with Crippen molar-refractivity contribution in [2.24, 2.45) is 0 Å². The van der Waals surface area contributed by atoms with E-state index in [0.29, 0.717) is 22.6 Å². The molecule has 0 aliphatic carbocycles. The van der Waals surface area contributed by atoms with E-state index in [9.17, 15) is 9.18 Å². The number of nitrogens with two attached hydrogens (primary N) is 1. The van der Waals surface area contributed by atoms with Crippen LogP contribution < -0.4 is 11.1 Å². The van der Waals surface area contributed by atoms with Crippen molar-refractivity contribution in [3.63, 3.8) is 0 Å². The Kier molecular flexibility index (Phi) is 3.02. The number of nitrogen functional groups attached to an aromatic ring is 1. The van der Waals surface area contributed by atoms with Crippen molar-refractivity contribution in [1.82, 2.24) is 14.4 Å². The fourth-order valence-corrected chi connectivity index (χ4v) is 2.05. The summed E-state index contributed by atoms with van der Waals surface area (Å²) in [5.41, 5.74) is 7.07. The zero-order valence-electron chi connectivity index (χ0n) is 11.2. The average molecular weight is 285 g/mol. The molecule has 0 atom stereocenters. The zero-order valence-corrected chi connectivity index (χ0v) is 11.2. The lowest BCUT2D eigenvalue weighted by Crippen LogP contribution is -2.05. The Morgan fingerprint density at radius 2 is 2.19 bits per heavy atom. The highest BCUT2D eigenvalue weighted by molar-refractivity contribution is 5.87. The summed E-state index contributed by atoms with van der Waals surface area (Å²) in [5.74, 6) is -0.0695. The first kappa shape index (κ1) is 13.0. The highest BCUT2D eigenvalue weighted by atomic mass is 19.1. The minimum Gasteiger partial charge on any atom is -0.384 e. The summed E-state index contributed by atoms with van der Waals surface area (Å²) in [7, 11) is 0. The SMILES string of the molecule is CC(=O)Nc1cn2cc(-c3cnc(N)cc3F)ccc2n1. The van der Waals surface area contributed by atoms with Gasteiger partial charge in [-0.1, -0.05) is 0 Å². The van der Waals surface area contributed by atoms with Gasteiger partial charge in [0.15, 0.2) is 5.82 Å². The van der Waals surface area contributed by atoms with Gasteiger partial charge in [-0.25, -0.2) is 14.4 Å². The van der Waals surface area contributed by atoms with Crippen molar-refractivity contribution in [2.45, 2.75) is 6.92 Å². The van der Waals surface area contributed by atoms with Gasteiger partial charge in [0.25, 0.3) is 0 Å². The summed E-state index contributed by atoms with van der Waals surface area (Å²) >= 11 is 0. The van der Waals surface area contributed by atoms with E-state index in [1.807, 2.05) is 0 Å². The standard InChI is InChI=1S/C14H12FN5O/c1-8(21)18-13-7-20-6-9(2-3-14(20)19-13)10-5-17-12(16)4-11(10)15/h2-7H,1H3,(H2,16,17)(H,18,21). The number of nitrogens with zero attached hydrogens (tertiary/aromatic N) is 3. The Hall–Kier alpha value is -2.96. The number of amides is 1. The van der Waals surface area contributed by atoms with E-state index in [1.54, 1.807) is 28.9 Å². The predicted octanol–water partition coefficient (Wildman–Crippen LogP) is 2.08. The molecule has 3 N–H and O–H groups in total. The number of aromatic nitrogens is 3. The molecule has 7 heteroatoms. The number of fused-ring (bicyclic) bond motifs is 1. The Morgan fingerprint density at radius 1 is 1.38 bits per heavy atom. The molecule has 0 spiro atoms. The summed E-state index contributed by atoms with van der Waals surface area (Å²) in [6.45, 7) is 1.41. The second kappa shape index (κ2) is 4.86. The van der Waals surface area contributed by atoms with Crippen molar-refractivity contribution >= 4 is 23.2 Å². The quantitative estimate of drug-likeness (QED) is 0.755. The number of carbonyl (C=O) groups excluding carboxylic acids is 1. The van der Waals surface area contributed by atoms with E-state index < -0.39 is 5.82 Å². The molecule has 0 aliphatic rings. The molecule has 21 heavy (non-hydrogen) atoms. The van der Waals surface area contributed by atoms with Crippen LogP contribution >= 0.6 is 0 Å². The van der Waals surface area contributed by atoms with Gasteiger partial charge in [0.1, 0.15) is 17.3 Å². The number of hydrogen-bond acceptors (Lipinski definition) is 4. The van der Waals surface area contributed by atoms with E-state index in [4.69, 9.17) is 5.73 Å². The maximum atomic E-state index is 13.9. The molecule has 0 saturated heterocycles. The van der Waals surface area contributed by atoms with Gasteiger partial charge in [0, 0.05) is 36.5 Å². The molecule has 0 fully saturated rings. The third kappa shape index (κ3) is 2.53. The van der Waals surface area contributed by atoms with Gasteiger partial charge < -0.3 is 15.5 Å². The van der Waals surface area contributed by atoms with Crippen molar-refractivity contribution in [2.75, 3.05) is 11.1 Å². The summed E-state index contributed by atoms with van der Waals surface area (Å²) in [5, 5.41) is 2.60. The fraction of sp³-hybridized carbons (Fsp3) is 0.0714. The third-order valence-electron chi connectivity index (χ3n) is 2.94. The molecule has 3 aromatic rings. The molecule has 0 radical (unpaired) electrons. The van der Waals surface area contributed by atoms with Crippen LogP contribution in [0.3, 0.4) is 0 Å². The molecule has 0 unspecified atom stereocenters. The highest BCUT2D eigenvalue weighted by Gasteiger charge is 2.09. The average Bonchev–Trinajstić information content (AvgIpc) is 2.78. The second-order valence-electron chi connectivity index (χ2n) is 4.58. The Morgan fingerprint density at radius 3 is 2.90 bits per heavy atom. The first-order chi connectivity index (χ1) is 10.0. The van der Waals surface area contributed by atoms with Crippen LogP contribution in [-0.2, 0) is 4.79 Å². The van der Waals surface area contributed by atoms with Crippen LogP contribution in [0.25, 0.3) is 16.8 Å². The number of pyridine rings is 2. The fourth-order valence-electron chi connectivity index (χ4n) is 2.05. The normalized spacial score (nSPS) is 10.8. The summed E-state index contributed by atoms with van der Waals surface area (Å²) in [6, 6.07) is 4.64. The van der Waals surface area contributed by atoms with Crippen LogP contribution in [0.4, 0.5) is 16.0 Å². The first-order valence-corrected chi connectivity index (χ1v) is 6.20. The van der Waals surface area contributed by atoms with Crippen molar-refractivity contribution in [3.05, 3.63) is 42.6 Å². The maximum Gasteiger partial charge on any atom is 0.222 e. The smallest absolute Gasteiger partial charge is 0.222 e. The van der Waals surface area contributed by atoms with Crippen molar-refractivity contribution in [1.29, 1.82) is 0 Å². The molecule has 3 heterocycles. The monoisotopic (exact) mass is 285 g/mol. The molecule has 106 valence electrons. The van der Waals surface area contributed by atoms with E-state index in [1.165, 1.54) is 19.2 Å². The van der Waals surface area contributed by atoms with E-state index >= 15 is 0 Å². The molecule has 0 aliphatic heterocycles. The molecule has 3 aromatic heterocycles. The largest absolute Gasteiger partial charge is 0.384 e. The number of anilines is 2. The number of hydrogen-bond donors (Lipinski definition) is 2. The molecule has 0 saturated carbocycles. The van der Waals surface area contributed by atoms with E-state index in [0.717, 1.165) is 0 Å². The van der Waals surface area contributed by atoms with Crippen LogP contribution in [-0.4, -0.2) is 20.3 Å². The van der Waals surface area contributed by atoms with Gasteiger partial charge in [0.2, 0.25) is 5.91 Å². The number of nitrogens with one attached hydrogen (secondary N) is 1. The van der Waals surface area contributed by atoms with Gasteiger partial charge in [-0.3, -0.25) is 4.79 Å². The number of rotatable bonds is 2. The molecule has 0 aromatic carbocycles. The molecule has 6 nitrogen and oxygen atoms in total. The minimum absolute atomic E-state index is 0.132. The Labute approximate surface area is 119 Å². The van der Waals surface area contributed by atoms with Gasteiger partial charge in [-0.05, 0) is 12.1 Å². The van der Waals surface area contributed by atoms with Crippen LogP contribution in [0.1, 0.15) is 6.92 Å². The van der Waals surface area contributed by atoms with Crippen LogP contribution in [0.2, 0.25) is 0 Å². The molecule has 3 rings (SSSR count). The Balaban J connectivity index is 2.06. The van der Waals surface area contributed by atoms with Gasteiger partial charge in [0.05, 0.1) is 6.20 Å². The lowest BCUT2D eigenvalue weighted by Gasteiger charge is -2.04. The number of carbonyl (C=O) groups is 1. The third-order valence-corrected chi connectivity index (χ3v) is 2.94. The first-order valence-electron chi connectivity index (χ1n) is 6.20. The van der Waals surface area contributed by atoms with Crippen LogP contribution in [0.5, 0.6) is 0 Å². The van der Waals surface area contributed by atoms with Gasteiger partial charge in [-0.2, -0.15) is 0 Å². The van der Waals surface area contributed by atoms with E-state index in [2.05, 4.69) is 15.3 Å². The molecular weight excluding hydrogens is 273 g/mol. The zero-order chi connectivity index (χ0) is 15.0. The maximum absolute atomic E-state index is 13.9. The summed E-state index contributed by atoms with van der Waals surface area (Å²) in [6.07, 6.45) is 4.75. The minimum atomic E-state index is -0.441. The predicted molar refractivity (Wildman–Crippen MR) is 77.1 cm³/mol. The van der Waals surface area contributed by atoms with E-state index in [-0.39, 0.29) is 11.7 Å². The molecular formula is C14H12FN5O. The van der Waals surface area contributed by atoms with Crippen LogP contribution in [0, 0.1) is 5.82 Å².